The van der Waals surface area contributed by atoms with Crippen molar-refractivity contribution in [1.82, 2.24) is 5.32 Å². The molecule has 0 bridgehead atoms. The summed E-state index contributed by atoms with van der Waals surface area (Å²) in [6.45, 7) is 1.73. The second kappa shape index (κ2) is 5.56. The average Bonchev–Trinajstić information content (AvgIpc) is 3.19. The van der Waals surface area contributed by atoms with Gasteiger partial charge in [0.1, 0.15) is 11.6 Å². The lowest BCUT2D eigenvalue weighted by Gasteiger charge is -2.18. The van der Waals surface area contributed by atoms with Crippen molar-refractivity contribution >= 4 is 11.9 Å². The number of rotatable bonds is 5. The maximum atomic E-state index is 13.7. The Morgan fingerprint density at radius 2 is 2.10 bits per heavy atom. The Balaban J connectivity index is 2.08. The largest absolute Gasteiger partial charge is 0.481 e. The summed E-state index contributed by atoms with van der Waals surface area (Å²) >= 11 is 0. The van der Waals surface area contributed by atoms with E-state index in [4.69, 9.17) is 5.11 Å². The van der Waals surface area contributed by atoms with E-state index in [1.165, 1.54) is 0 Å². The lowest BCUT2D eigenvalue weighted by atomic mass is 10.0. The molecule has 0 heterocycles. The number of amides is 1. The minimum Gasteiger partial charge on any atom is -0.481 e. The molecule has 3 atom stereocenters. The van der Waals surface area contributed by atoms with Gasteiger partial charge in [0.05, 0.1) is 17.9 Å². The van der Waals surface area contributed by atoms with Crippen LogP contribution in [-0.4, -0.2) is 17.0 Å². The van der Waals surface area contributed by atoms with E-state index in [1.54, 1.807) is 6.92 Å². The minimum atomic E-state index is -1.00. The number of hydrogen-bond donors (Lipinski definition) is 2. The molecule has 3 unspecified atom stereocenters. The van der Waals surface area contributed by atoms with Crippen LogP contribution in [0.25, 0.3) is 0 Å². The number of carboxylic acids is 1. The second-order valence-electron chi connectivity index (χ2n) is 4.92. The van der Waals surface area contributed by atoms with E-state index in [1.807, 2.05) is 0 Å². The summed E-state index contributed by atoms with van der Waals surface area (Å²) < 4.78 is 26.8. The molecule has 1 aliphatic carbocycles. The van der Waals surface area contributed by atoms with Crippen molar-refractivity contribution in [3.63, 3.8) is 0 Å². The molecule has 0 aliphatic heterocycles. The molecule has 1 aliphatic rings. The van der Waals surface area contributed by atoms with Gasteiger partial charge in [-0.2, -0.15) is 0 Å². The molecule has 1 amide bonds. The first-order valence-corrected chi connectivity index (χ1v) is 6.42. The average molecular weight is 283 g/mol. The van der Waals surface area contributed by atoms with E-state index in [0.29, 0.717) is 12.8 Å². The number of carbonyl (C=O) groups is 2. The van der Waals surface area contributed by atoms with Gasteiger partial charge in [-0.3, -0.25) is 9.59 Å². The number of nitrogens with one attached hydrogen (secondary N) is 1. The molecule has 2 rings (SSSR count). The second-order valence-corrected chi connectivity index (χ2v) is 4.92. The van der Waals surface area contributed by atoms with Gasteiger partial charge < -0.3 is 10.4 Å². The van der Waals surface area contributed by atoms with Crippen LogP contribution in [0.3, 0.4) is 0 Å². The van der Waals surface area contributed by atoms with Crippen LogP contribution in [-0.2, 0) is 9.59 Å². The zero-order valence-corrected chi connectivity index (χ0v) is 10.9. The fraction of sp³-hybridized carbons (Fsp3) is 0.429. The number of halogens is 2. The molecule has 1 fully saturated rings. The molecule has 0 radical (unpaired) electrons. The number of carboxylic acid groups (broad SMARTS) is 1. The quantitative estimate of drug-likeness (QED) is 0.871. The molecule has 0 spiro atoms. The van der Waals surface area contributed by atoms with Gasteiger partial charge >= 0.3 is 5.97 Å². The Hall–Kier alpha value is -1.98. The molecule has 1 aromatic carbocycles. The Bertz CT molecular complexity index is 547. The Kier molecular flexibility index (Phi) is 4.01. The van der Waals surface area contributed by atoms with Crippen LogP contribution in [0.5, 0.6) is 0 Å². The highest BCUT2D eigenvalue weighted by Crippen LogP contribution is 2.39. The zero-order valence-electron chi connectivity index (χ0n) is 10.9. The van der Waals surface area contributed by atoms with Crippen molar-refractivity contribution in [2.75, 3.05) is 0 Å². The van der Waals surface area contributed by atoms with Crippen LogP contribution in [0.2, 0.25) is 0 Å². The predicted octanol–water partition coefficient (Wildman–Crippen LogP) is 2.25. The van der Waals surface area contributed by atoms with E-state index in [-0.39, 0.29) is 5.56 Å². The first-order chi connectivity index (χ1) is 9.43. The van der Waals surface area contributed by atoms with Crippen LogP contribution < -0.4 is 5.32 Å². The molecule has 0 aromatic heterocycles. The number of hydrogen-bond acceptors (Lipinski definition) is 2. The third-order valence-electron chi connectivity index (χ3n) is 3.50. The summed E-state index contributed by atoms with van der Waals surface area (Å²) in [6.07, 6.45) is 0.680. The summed E-state index contributed by atoms with van der Waals surface area (Å²) in [6, 6.07) is 2.41. The number of aliphatic carboxylic acids is 1. The van der Waals surface area contributed by atoms with Crippen LogP contribution in [0, 0.1) is 23.5 Å². The molecular formula is C14H15F2NO3. The van der Waals surface area contributed by atoms with Crippen LogP contribution in [0.1, 0.15) is 31.4 Å². The van der Waals surface area contributed by atoms with E-state index >= 15 is 0 Å². The predicted molar refractivity (Wildman–Crippen MR) is 66.8 cm³/mol. The molecule has 6 heteroatoms. The topological polar surface area (TPSA) is 66.4 Å². The Morgan fingerprint density at radius 1 is 1.40 bits per heavy atom. The fourth-order valence-corrected chi connectivity index (χ4v) is 2.22. The monoisotopic (exact) mass is 283 g/mol. The lowest BCUT2D eigenvalue weighted by molar-refractivity contribution is -0.140. The first kappa shape index (κ1) is 14.4. The van der Waals surface area contributed by atoms with Crippen LogP contribution in [0.15, 0.2) is 18.2 Å². The van der Waals surface area contributed by atoms with Crippen molar-refractivity contribution < 1.29 is 23.5 Å². The maximum absolute atomic E-state index is 13.7. The third kappa shape index (κ3) is 2.95. The lowest BCUT2D eigenvalue weighted by Crippen LogP contribution is -2.31. The fourth-order valence-electron chi connectivity index (χ4n) is 2.22. The van der Waals surface area contributed by atoms with Crippen LogP contribution in [0.4, 0.5) is 8.78 Å². The van der Waals surface area contributed by atoms with Crippen molar-refractivity contribution in [2.45, 2.75) is 25.8 Å². The van der Waals surface area contributed by atoms with E-state index in [2.05, 4.69) is 5.32 Å². The van der Waals surface area contributed by atoms with Gasteiger partial charge in [0.15, 0.2) is 0 Å². The number of benzene rings is 1. The van der Waals surface area contributed by atoms with Gasteiger partial charge in [-0.25, -0.2) is 8.78 Å². The Labute approximate surface area is 114 Å². The molecule has 4 nitrogen and oxygen atoms in total. The normalized spacial score (nSPS) is 22.1. The smallest absolute Gasteiger partial charge is 0.307 e. The van der Waals surface area contributed by atoms with E-state index in [0.717, 1.165) is 18.2 Å². The van der Waals surface area contributed by atoms with Gasteiger partial charge in [0.2, 0.25) is 5.91 Å². The SMILES string of the molecule is CCC(NC(=O)C1CC1C(=O)O)c1cc(F)ccc1F. The van der Waals surface area contributed by atoms with Gasteiger partial charge in [-0.1, -0.05) is 6.92 Å². The van der Waals surface area contributed by atoms with E-state index < -0.39 is 41.4 Å². The van der Waals surface area contributed by atoms with Gasteiger partial charge in [0.25, 0.3) is 0 Å². The summed E-state index contributed by atoms with van der Waals surface area (Å²) in [5.74, 6) is -3.83. The highest BCUT2D eigenvalue weighted by molar-refractivity contribution is 5.89. The van der Waals surface area contributed by atoms with Crippen molar-refractivity contribution in [3.05, 3.63) is 35.4 Å². The first-order valence-electron chi connectivity index (χ1n) is 6.42. The maximum Gasteiger partial charge on any atom is 0.307 e. The highest BCUT2D eigenvalue weighted by atomic mass is 19.1. The van der Waals surface area contributed by atoms with Crippen molar-refractivity contribution in [3.8, 4) is 0 Å². The molecule has 108 valence electrons. The standard InChI is InChI=1S/C14H15F2NO3/c1-2-12(10-5-7(15)3-4-11(10)16)17-13(18)8-6-9(8)14(19)20/h3-5,8-9,12H,2,6H2,1H3,(H,17,18)(H,19,20). The Morgan fingerprint density at radius 3 is 2.65 bits per heavy atom. The van der Waals surface area contributed by atoms with Gasteiger partial charge in [-0.15, -0.1) is 0 Å². The number of carbonyl (C=O) groups excluding carboxylic acids is 1. The molecule has 20 heavy (non-hydrogen) atoms. The molecule has 0 saturated heterocycles. The zero-order chi connectivity index (χ0) is 14.9. The van der Waals surface area contributed by atoms with Crippen molar-refractivity contribution in [1.29, 1.82) is 0 Å². The van der Waals surface area contributed by atoms with Crippen LogP contribution >= 0.6 is 0 Å². The van der Waals surface area contributed by atoms with Gasteiger partial charge in [-0.05, 0) is 31.0 Å². The highest BCUT2D eigenvalue weighted by Gasteiger charge is 2.48. The minimum absolute atomic E-state index is 0.0772. The van der Waals surface area contributed by atoms with E-state index in [9.17, 15) is 18.4 Å². The summed E-state index contributed by atoms with van der Waals surface area (Å²) in [4.78, 5) is 22.6. The summed E-state index contributed by atoms with van der Waals surface area (Å²) in [5.41, 5.74) is 0.0772. The third-order valence-corrected chi connectivity index (χ3v) is 3.50. The molecule has 1 aromatic rings. The van der Waals surface area contributed by atoms with Crippen molar-refractivity contribution in [2.24, 2.45) is 11.8 Å². The summed E-state index contributed by atoms with van der Waals surface area (Å²) in [5, 5.41) is 11.4. The molecule has 2 N–H and O–H groups in total. The molecule has 1 saturated carbocycles. The molecular weight excluding hydrogens is 268 g/mol. The van der Waals surface area contributed by atoms with Gasteiger partial charge in [0, 0.05) is 5.56 Å². The summed E-state index contributed by atoms with van der Waals surface area (Å²) in [7, 11) is 0.